The Hall–Kier alpha value is -2.56. The summed E-state index contributed by atoms with van der Waals surface area (Å²) < 4.78 is 80.2. The number of nitrogens with one attached hydrogen (secondary N) is 2. The van der Waals surface area contributed by atoms with Crippen molar-refractivity contribution in [2.75, 3.05) is 5.75 Å². The number of sulfone groups is 1. The van der Waals surface area contributed by atoms with E-state index < -0.39 is 62.4 Å². The highest BCUT2D eigenvalue weighted by atomic mass is 32.2. The third-order valence-electron chi connectivity index (χ3n) is 5.00. The number of hydrogen-bond acceptors (Lipinski definition) is 7. The molecule has 0 saturated heterocycles. The van der Waals surface area contributed by atoms with Crippen molar-refractivity contribution >= 4 is 27.1 Å². The predicted molar refractivity (Wildman–Crippen MR) is 112 cm³/mol. The van der Waals surface area contributed by atoms with E-state index in [1.807, 2.05) is 6.07 Å². The van der Waals surface area contributed by atoms with Gasteiger partial charge >= 0.3 is 6.18 Å². The summed E-state index contributed by atoms with van der Waals surface area (Å²) in [6.45, 7) is 1.67. The summed E-state index contributed by atoms with van der Waals surface area (Å²) in [5.74, 6) is -3.30. The Morgan fingerprint density at radius 1 is 1.30 bits per heavy atom. The number of thiazole rings is 1. The molecular formula is C20H20F4N4O3S2. The number of aryl methyl sites for hydroxylation is 1. The number of halogens is 4. The van der Waals surface area contributed by atoms with Crippen LogP contribution in [0.2, 0.25) is 0 Å². The lowest BCUT2D eigenvalue weighted by molar-refractivity contribution is -0.160. The Kier molecular flexibility index (Phi) is 7.11. The van der Waals surface area contributed by atoms with E-state index in [4.69, 9.17) is 0 Å². The van der Waals surface area contributed by atoms with Gasteiger partial charge < -0.3 is 5.32 Å². The van der Waals surface area contributed by atoms with Gasteiger partial charge in [-0.25, -0.2) is 17.8 Å². The standard InChI is InChI=1S/C20H20F4N4O3S2/c1-12-26-15(8-32-12)9-33(30,31)10-16(18(29)28-19(11-25)6-7-19)27-17(20(22,23)24)13-2-4-14(21)5-3-13/h2-5,8,16-17,27H,6-7,9-10H2,1H3,(H,28,29)/t16-,17-/m0/s1. The van der Waals surface area contributed by atoms with E-state index in [1.165, 1.54) is 16.7 Å². The summed E-state index contributed by atoms with van der Waals surface area (Å²) in [7, 11) is -4.08. The Labute approximate surface area is 191 Å². The first-order valence-corrected chi connectivity index (χ1v) is 12.5. The molecule has 2 atom stereocenters. The number of nitrogens with zero attached hydrogens (tertiary/aromatic N) is 2. The monoisotopic (exact) mass is 504 g/mol. The molecule has 0 radical (unpaired) electrons. The first-order valence-electron chi connectivity index (χ1n) is 9.75. The SMILES string of the molecule is Cc1nc(CS(=O)(=O)C[C@H](N[C@@H](c2ccc(F)cc2)C(F)(F)F)C(=O)NC2(C#N)CC2)cs1. The molecule has 1 fully saturated rings. The minimum absolute atomic E-state index is 0.221. The predicted octanol–water partition coefficient (Wildman–Crippen LogP) is 2.94. The van der Waals surface area contributed by atoms with Crippen molar-refractivity contribution in [2.45, 2.75) is 49.3 Å². The summed E-state index contributed by atoms with van der Waals surface area (Å²) in [6.07, 6.45) is -4.29. The van der Waals surface area contributed by atoms with E-state index in [0.29, 0.717) is 17.8 Å². The van der Waals surface area contributed by atoms with Crippen molar-refractivity contribution in [3.05, 3.63) is 51.7 Å². The molecule has 0 unspecified atom stereocenters. The van der Waals surface area contributed by atoms with Crippen molar-refractivity contribution in [2.24, 2.45) is 0 Å². The molecule has 1 aliphatic rings. The lowest BCUT2D eigenvalue weighted by atomic mass is 10.0. The van der Waals surface area contributed by atoms with Gasteiger partial charge in [0.15, 0.2) is 9.84 Å². The third-order valence-corrected chi connectivity index (χ3v) is 7.40. The molecule has 1 saturated carbocycles. The molecule has 1 heterocycles. The molecule has 1 aliphatic carbocycles. The van der Waals surface area contributed by atoms with Gasteiger partial charge in [0, 0.05) is 5.38 Å². The van der Waals surface area contributed by atoms with Crippen LogP contribution in [0.4, 0.5) is 17.6 Å². The van der Waals surface area contributed by atoms with Crippen LogP contribution in [0, 0.1) is 24.1 Å². The van der Waals surface area contributed by atoms with E-state index in [9.17, 15) is 36.0 Å². The minimum Gasteiger partial charge on any atom is -0.336 e. The topological polar surface area (TPSA) is 112 Å². The molecule has 1 aromatic heterocycles. The molecule has 33 heavy (non-hydrogen) atoms. The van der Waals surface area contributed by atoms with Gasteiger partial charge in [-0.3, -0.25) is 10.1 Å². The van der Waals surface area contributed by atoms with Gasteiger partial charge in [0.2, 0.25) is 5.91 Å². The second-order valence-electron chi connectivity index (χ2n) is 7.84. The van der Waals surface area contributed by atoms with Gasteiger partial charge in [-0.2, -0.15) is 18.4 Å². The van der Waals surface area contributed by atoms with Crippen LogP contribution in [0.3, 0.4) is 0 Å². The molecule has 0 bridgehead atoms. The van der Waals surface area contributed by atoms with Crippen LogP contribution in [-0.2, 0) is 20.4 Å². The maximum Gasteiger partial charge on any atom is 0.407 e. The number of rotatable bonds is 9. The van der Waals surface area contributed by atoms with Crippen molar-refractivity contribution in [3.63, 3.8) is 0 Å². The normalized spacial score (nSPS) is 17.1. The van der Waals surface area contributed by atoms with E-state index >= 15 is 0 Å². The highest BCUT2D eigenvalue weighted by molar-refractivity contribution is 7.90. The van der Waals surface area contributed by atoms with Gasteiger partial charge in [-0.15, -0.1) is 11.3 Å². The van der Waals surface area contributed by atoms with E-state index in [0.717, 1.165) is 24.3 Å². The Morgan fingerprint density at radius 3 is 2.42 bits per heavy atom. The number of benzene rings is 1. The van der Waals surface area contributed by atoms with Crippen LogP contribution >= 0.6 is 11.3 Å². The average Bonchev–Trinajstić information content (AvgIpc) is 3.37. The first kappa shape index (κ1) is 25.1. The van der Waals surface area contributed by atoms with Crippen molar-refractivity contribution in [1.82, 2.24) is 15.6 Å². The Morgan fingerprint density at radius 2 is 1.94 bits per heavy atom. The van der Waals surface area contributed by atoms with Crippen LogP contribution in [0.15, 0.2) is 29.6 Å². The van der Waals surface area contributed by atoms with Gasteiger partial charge in [0.1, 0.15) is 23.4 Å². The highest BCUT2D eigenvalue weighted by Gasteiger charge is 2.48. The molecule has 13 heteroatoms. The third kappa shape index (κ3) is 6.72. The maximum absolute atomic E-state index is 13.8. The molecule has 0 spiro atoms. The zero-order valence-electron chi connectivity index (χ0n) is 17.3. The van der Waals surface area contributed by atoms with Crippen LogP contribution in [-0.4, -0.2) is 42.8 Å². The second kappa shape index (κ2) is 9.36. The fourth-order valence-electron chi connectivity index (χ4n) is 3.16. The van der Waals surface area contributed by atoms with Crippen molar-refractivity contribution < 1.29 is 30.8 Å². The minimum atomic E-state index is -4.92. The van der Waals surface area contributed by atoms with E-state index in [-0.39, 0.29) is 5.69 Å². The number of alkyl halides is 3. The van der Waals surface area contributed by atoms with Crippen molar-refractivity contribution in [3.8, 4) is 6.07 Å². The van der Waals surface area contributed by atoms with Gasteiger partial charge in [-0.05, 0) is 37.5 Å². The summed E-state index contributed by atoms with van der Waals surface area (Å²) >= 11 is 1.22. The molecular weight excluding hydrogens is 484 g/mol. The molecule has 0 aliphatic heterocycles. The zero-order valence-corrected chi connectivity index (χ0v) is 19.0. The number of hydrogen-bond donors (Lipinski definition) is 2. The molecule has 1 aromatic carbocycles. The Bertz CT molecular complexity index is 1150. The average molecular weight is 505 g/mol. The Balaban J connectivity index is 1.88. The first-order chi connectivity index (χ1) is 15.3. The van der Waals surface area contributed by atoms with Gasteiger partial charge in [-0.1, -0.05) is 12.1 Å². The van der Waals surface area contributed by atoms with Gasteiger partial charge in [0.05, 0.1) is 28.3 Å². The lowest BCUT2D eigenvalue weighted by Crippen LogP contribution is -2.54. The van der Waals surface area contributed by atoms with E-state index in [2.05, 4.69) is 15.6 Å². The van der Waals surface area contributed by atoms with Crippen LogP contribution in [0.5, 0.6) is 0 Å². The highest BCUT2D eigenvalue weighted by Crippen LogP contribution is 2.35. The van der Waals surface area contributed by atoms with Crippen LogP contribution in [0.1, 0.15) is 35.1 Å². The largest absolute Gasteiger partial charge is 0.407 e. The summed E-state index contributed by atoms with van der Waals surface area (Å²) in [5.41, 5.74) is -1.38. The molecule has 178 valence electrons. The number of carbonyl (C=O) groups excluding carboxylic acids is 1. The van der Waals surface area contributed by atoms with Crippen LogP contribution < -0.4 is 10.6 Å². The molecule has 1 amide bonds. The maximum atomic E-state index is 13.8. The van der Waals surface area contributed by atoms with E-state index in [1.54, 1.807) is 6.92 Å². The number of nitriles is 1. The molecule has 2 aromatic rings. The zero-order chi connectivity index (χ0) is 24.4. The summed E-state index contributed by atoms with van der Waals surface area (Å²) in [5, 5.41) is 15.8. The number of aromatic nitrogens is 1. The fourth-order valence-corrected chi connectivity index (χ4v) is 5.35. The van der Waals surface area contributed by atoms with Gasteiger partial charge in [0.25, 0.3) is 0 Å². The summed E-state index contributed by atoms with van der Waals surface area (Å²) in [6, 6.07) is 1.09. The number of carbonyl (C=O) groups is 1. The molecule has 2 N–H and O–H groups in total. The second-order valence-corrected chi connectivity index (χ2v) is 11.0. The molecule has 7 nitrogen and oxygen atoms in total. The quantitative estimate of drug-likeness (QED) is 0.508. The fraction of sp³-hybridized carbons (Fsp3) is 0.450. The summed E-state index contributed by atoms with van der Waals surface area (Å²) in [4.78, 5) is 16.9. The smallest absolute Gasteiger partial charge is 0.336 e. The lowest BCUT2D eigenvalue weighted by Gasteiger charge is -2.28. The number of amides is 1. The van der Waals surface area contributed by atoms with Crippen molar-refractivity contribution in [1.29, 1.82) is 5.26 Å². The molecule has 3 rings (SSSR count). The van der Waals surface area contributed by atoms with Crippen LogP contribution in [0.25, 0.3) is 0 Å².